The molecule has 1 aliphatic heterocycles. The first-order valence-corrected chi connectivity index (χ1v) is 7.93. The quantitative estimate of drug-likeness (QED) is 0.772. The number of carbonyl (C=O) groups is 1. The molecule has 1 aliphatic rings. The van der Waals surface area contributed by atoms with Crippen LogP contribution in [0.2, 0.25) is 0 Å². The summed E-state index contributed by atoms with van der Waals surface area (Å²) in [6, 6.07) is 5.12. The summed E-state index contributed by atoms with van der Waals surface area (Å²) < 4.78 is 28.1. The van der Waals surface area contributed by atoms with E-state index in [2.05, 4.69) is 10.3 Å². The average molecular weight is 309 g/mol. The summed E-state index contributed by atoms with van der Waals surface area (Å²) in [6.45, 7) is 0.524. The summed E-state index contributed by atoms with van der Waals surface area (Å²) in [5, 5.41) is 2.55. The Kier molecular flexibility index (Phi) is 3.30. The van der Waals surface area contributed by atoms with Crippen LogP contribution in [0.5, 0.6) is 0 Å². The molecule has 9 heteroatoms. The van der Waals surface area contributed by atoms with Gasteiger partial charge in [-0.05, 0) is 18.6 Å². The number of nitrogens with two attached hydrogens (primary N) is 1. The van der Waals surface area contributed by atoms with Crippen LogP contribution in [-0.4, -0.2) is 47.6 Å². The number of imidazole rings is 1. The summed E-state index contributed by atoms with van der Waals surface area (Å²) >= 11 is 0. The monoisotopic (exact) mass is 309 g/mol. The molecule has 0 saturated carbocycles. The van der Waals surface area contributed by atoms with Crippen molar-refractivity contribution in [1.29, 1.82) is 0 Å². The van der Waals surface area contributed by atoms with Crippen molar-refractivity contribution in [3.05, 3.63) is 24.4 Å². The predicted octanol–water partition coefficient (Wildman–Crippen LogP) is -0.573. The fourth-order valence-electron chi connectivity index (χ4n) is 2.35. The zero-order valence-corrected chi connectivity index (χ0v) is 12.0. The number of hydrogen-bond donors (Lipinski definition) is 2. The Morgan fingerprint density at radius 2 is 2.14 bits per heavy atom. The lowest BCUT2D eigenvalue weighted by molar-refractivity contribution is -0.120. The Bertz CT molecular complexity index is 798. The van der Waals surface area contributed by atoms with E-state index in [4.69, 9.17) is 5.73 Å². The third-order valence-electron chi connectivity index (χ3n) is 3.32. The normalized spacial score (nSPS) is 17.6. The molecule has 0 radical (unpaired) electrons. The molecule has 2 aromatic rings. The largest absolute Gasteiger partial charge is 0.381 e. The van der Waals surface area contributed by atoms with Gasteiger partial charge in [-0.15, -0.1) is 0 Å². The molecule has 112 valence electrons. The van der Waals surface area contributed by atoms with Crippen LogP contribution < -0.4 is 11.1 Å². The summed E-state index contributed by atoms with van der Waals surface area (Å²) in [5.74, 6) is -0.380. The van der Waals surface area contributed by atoms with E-state index in [1.807, 2.05) is 0 Å². The molecule has 8 nitrogen and oxygen atoms in total. The van der Waals surface area contributed by atoms with Gasteiger partial charge in [0.2, 0.25) is 5.91 Å². The summed E-state index contributed by atoms with van der Waals surface area (Å²) in [4.78, 5) is 15.6. The first-order chi connectivity index (χ1) is 10.00. The molecule has 2 aromatic heterocycles. The second-order valence-corrected chi connectivity index (χ2v) is 6.63. The van der Waals surface area contributed by atoms with E-state index in [1.165, 1.54) is 4.40 Å². The van der Waals surface area contributed by atoms with Gasteiger partial charge in [0.25, 0.3) is 10.0 Å². The highest BCUT2D eigenvalue weighted by molar-refractivity contribution is 7.89. The topological polar surface area (TPSA) is 110 Å². The maximum absolute atomic E-state index is 12.8. The van der Waals surface area contributed by atoms with Crippen LogP contribution in [0, 0.1) is 0 Å². The van der Waals surface area contributed by atoms with E-state index < -0.39 is 10.0 Å². The summed E-state index contributed by atoms with van der Waals surface area (Å²) in [6.07, 6.45) is 2.14. The Morgan fingerprint density at radius 1 is 1.33 bits per heavy atom. The fraction of sp³-hybridized carbons (Fsp3) is 0.333. The van der Waals surface area contributed by atoms with Crippen molar-refractivity contribution < 1.29 is 13.2 Å². The maximum atomic E-state index is 12.8. The first kappa shape index (κ1) is 13.8. The van der Waals surface area contributed by atoms with Crippen LogP contribution >= 0.6 is 0 Å². The third-order valence-corrected chi connectivity index (χ3v) is 5.21. The molecule has 0 bridgehead atoms. The van der Waals surface area contributed by atoms with Crippen molar-refractivity contribution in [2.75, 3.05) is 25.4 Å². The van der Waals surface area contributed by atoms with Gasteiger partial charge < -0.3 is 11.1 Å². The van der Waals surface area contributed by atoms with E-state index >= 15 is 0 Å². The molecule has 3 rings (SSSR count). The van der Waals surface area contributed by atoms with Gasteiger partial charge in [0.05, 0.1) is 6.54 Å². The molecule has 21 heavy (non-hydrogen) atoms. The Balaban J connectivity index is 2.11. The van der Waals surface area contributed by atoms with Gasteiger partial charge in [0.15, 0.2) is 10.8 Å². The van der Waals surface area contributed by atoms with Crippen molar-refractivity contribution in [2.45, 2.75) is 11.4 Å². The number of nitrogens with one attached hydrogen (secondary N) is 1. The van der Waals surface area contributed by atoms with Gasteiger partial charge in [-0.2, -0.15) is 4.31 Å². The SMILES string of the molecule is Nc1nc2ccccn2c1S(=O)(=O)N1CCCNC(=O)C1. The molecule has 3 heterocycles. The van der Waals surface area contributed by atoms with Crippen LogP contribution in [0.4, 0.5) is 5.82 Å². The van der Waals surface area contributed by atoms with Gasteiger partial charge in [0.1, 0.15) is 5.65 Å². The molecule has 0 atom stereocenters. The zero-order chi connectivity index (χ0) is 15.0. The number of pyridine rings is 1. The minimum atomic E-state index is -3.88. The molecule has 0 unspecified atom stereocenters. The molecular formula is C12H15N5O3S. The average Bonchev–Trinajstić information content (AvgIpc) is 2.62. The second kappa shape index (κ2) is 5.01. The predicted molar refractivity (Wildman–Crippen MR) is 76.0 cm³/mol. The highest BCUT2D eigenvalue weighted by Crippen LogP contribution is 2.24. The van der Waals surface area contributed by atoms with E-state index in [0.717, 1.165) is 4.31 Å². The molecule has 3 N–H and O–H groups in total. The molecule has 0 aliphatic carbocycles. The maximum Gasteiger partial charge on any atom is 0.263 e. The fourth-order valence-corrected chi connectivity index (χ4v) is 3.97. The number of nitrogen functional groups attached to an aromatic ring is 1. The molecule has 1 amide bonds. The molecular weight excluding hydrogens is 294 g/mol. The summed E-state index contributed by atoms with van der Waals surface area (Å²) in [5.41, 5.74) is 6.23. The lowest BCUT2D eigenvalue weighted by Gasteiger charge is -2.18. The molecule has 0 aromatic carbocycles. The van der Waals surface area contributed by atoms with Gasteiger partial charge in [-0.1, -0.05) is 6.07 Å². The van der Waals surface area contributed by atoms with E-state index in [-0.39, 0.29) is 29.8 Å². The lowest BCUT2D eigenvalue weighted by atomic mass is 10.4. The summed E-state index contributed by atoms with van der Waals surface area (Å²) in [7, 11) is -3.88. The number of nitrogens with zero attached hydrogens (tertiary/aromatic N) is 3. The Hall–Kier alpha value is -2.13. The minimum absolute atomic E-state index is 0.0640. The molecule has 0 spiro atoms. The van der Waals surface area contributed by atoms with Crippen molar-refractivity contribution in [2.24, 2.45) is 0 Å². The Labute approximate surface area is 121 Å². The van der Waals surface area contributed by atoms with Crippen molar-refractivity contribution in [1.82, 2.24) is 19.0 Å². The van der Waals surface area contributed by atoms with Crippen molar-refractivity contribution in [3.8, 4) is 0 Å². The van der Waals surface area contributed by atoms with Crippen LogP contribution in [-0.2, 0) is 14.8 Å². The van der Waals surface area contributed by atoms with Crippen molar-refractivity contribution in [3.63, 3.8) is 0 Å². The lowest BCUT2D eigenvalue weighted by Crippen LogP contribution is -2.38. The second-order valence-electron chi connectivity index (χ2n) is 4.77. The number of sulfonamides is 1. The van der Waals surface area contributed by atoms with E-state index in [1.54, 1.807) is 24.4 Å². The van der Waals surface area contributed by atoms with E-state index in [9.17, 15) is 13.2 Å². The Morgan fingerprint density at radius 3 is 2.95 bits per heavy atom. The number of amides is 1. The molecule has 1 fully saturated rings. The highest BCUT2D eigenvalue weighted by Gasteiger charge is 2.32. The zero-order valence-electron chi connectivity index (χ0n) is 11.2. The smallest absolute Gasteiger partial charge is 0.263 e. The number of hydrogen-bond acceptors (Lipinski definition) is 5. The van der Waals surface area contributed by atoms with Crippen LogP contribution in [0.3, 0.4) is 0 Å². The van der Waals surface area contributed by atoms with Crippen LogP contribution in [0.25, 0.3) is 5.65 Å². The van der Waals surface area contributed by atoms with E-state index in [0.29, 0.717) is 18.6 Å². The number of carbonyl (C=O) groups excluding carboxylic acids is 1. The standard InChI is InChI=1S/C12H15N5O3S/c13-11-12(17-7-2-1-4-9(17)15-11)21(19,20)16-6-3-5-14-10(18)8-16/h1-2,4,7H,3,5-6,8,13H2,(H,14,18). The molecule has 1 saturated heterocycles. The van der Waals surface area contributed by atoms with Crippen LogP contribution in [0.15, 0.2) is 29.4 Å². The van der Waals surface area contributed by atoms with Gasteiger partial charge in [-0.25, -0.2) is 13.4 Å². The number of anilines is 1. The highest BCUT2D eigenvalue weighted by atomic mass is 32.2. The number of aromatic nitrogens is 2. The van der Waals surface area contributed by atoms with Crippen LogP contribution in [0.1, 0.15) is 6.42 Å². The van der Waals surface area contributed by atoms with Gasteiger partial charge >= 0.3 is 0 Å². The van der Waals surface area contributed by atoms with Gasteiger partial charge in [0, 0.05) is 19.3 Å². The van der Waals surface area contributed by atoms with Gasteiger partial charge in [-0.3, -0.25) is 9.20 Å². The number of rotatable bonds is 2. The first-order valence-electron chi connectivity index (χ1n) is 6.49. The van der Waals surface area contributed by atoms with Crippen molar-refractivity contribution >= 4 is 27.4 Å². The number of fused-ring (bicyclic) bond motifs is 1. The third kappa shape index (κ3) is 2.34. The minimum Gasteiger partial charge on any atom is -0.381 e.